The van der Waals surface area contributed by atoms with E-state index in [0.29, 0.717) is 0 Å². The molecule has 2 aromatic rings. The van der Waals surface area contributed by atoms with Crippen LogP contribution in [0.15, 0.2) is 53.7 Å². The number of sulfonamides is 1. The van der Waals surface area contributed by atoms with Crippen molar-refractivity contribution in [1.82, 2.24) is 9.71 Å². The third-order valence-corrected chi connectivity index (χ3v) is 7.24. The first-order chi connectivity index (χ1) is 11.9. The average molecular weight is 358 g/mol. The third kappa shape index (κ3) is 2.78. The first kappa shape index (κ1) is 16.7. The largest absolute Gasteiger partial charge is 0.385 e. The Morgan fingerprint density at radius 1 is 1.20 bits per heavy atom. The lowest BCUT2D eigenvalue weighted by atomic mass is 9.79. The van der Waals surface area contributed by atoms with Gasteiger partial charge >= 0.3 is 0 Å². The number of pyridine rings is 1. The molecule has 25 heavy (non-hydrogen) atoms. The van der Waals surface area contributed by atoms with Gasteiger partial charge in [0.1, 0.15) is 4.90 Å². The van der Waals surface area contributed by atoms with Gasteiger partial charge in [-0.05, 0) is 55.4 Å². The SMILES string of the molecule is CC1(O)c2ccccc2CC2CCC1C2NS(=O)(=O)c1cccnc1. The molecule has 2 N–H and O–H groups in total. The summed E-state index contributed by atoms with van der Waals surface area (Å²) in [6.45, 7) is 1.82. The van der Waals surface area contributed by atoms with Crippen molar-refractivity contribution in [3.8, 4) is 0 Å². The Labute approximate surface area is 148 Å². The summed E-state index contributed by atoms with van der Waals surface area (Å²) in [7, 11) is -3.66. The summed E-state index contributed by atoms with van der Waals surface area (Å²) in [6.07, 6.45) is 5.41. The van der Waals surface area contributed by atoms with Gasteiger partial charge in [-0.2, -0.15) is 0 Å². The summed E-state index contributed by atoms with van der Waals surface area (Å²) in [5, 5.41) is 11.3. The van der Waals surface area contributed by atoms with Gasteiger partial charge in [-0.25, -0.2) is 13.1 Å². The summed E-state index contributed by atoms with van der Waals surface area (Å²) in [6, 6.07) is 10.8. The van der Waals surface area contributed by atoms with Crippen LogP contribution in [0, 0.1) is 11.8 Å². The summed E-state index contributed by atoms with van der Waals surface area (Å²) < 4.78 is 28.4. The summed E-state index contributed by atoms with van der Waals surface area (Å²) >= 11 is 0. The molecular formula is C19H22N2O3S. The molecule has 1 saturated carbocycles. The van der Waals surface area contributed by atoms with Crippen LogP contribution in [-0.4, -0.2) is 24.6 Å². The Morgan fingerprint density at radius 3 is 2.76 bits per heavy atom. The van der Waals surface area contributed by atoms with Gasteiger partial charge in [0.15, 0.2) is 0 Å². The van der Waals surface area contributed by atoms with E-state index in [1.807, 2.05) is 31.2 Å². The van der Waals surface area contributed by atoms with Crippen LogP contribution in [-0.2, 0) is 22.0 Å². The number of aliphatic hydroxyl groups is 1. The molecule has 0 aliphatic heterocycles. The van der Waals surface area contributed by atoms with Crippen LogP contribution < -0.4 is 4.72 Å². The first-order valence-electron chi connectivity index (χ1n) is 8.63. The van der Waals surface area contributed by atoms with Crippen molar-refractivity contribution in [2.24, 2.45) is 11.8 Å². The zero-order chi connectivity index (χ0) is 17.7. The maximum Gasteiger partial charge on any atom is 0.242 e. The molecule has 4 unspecified atom stereocenters. The Hall–Kier alpha value is -1.76. The zero-order valence-corrected chi connectivity index (χ0v) is 14.9. The number of aromatic nitrogens is 1. The van der Waals surface area contributed by atoms with Gasteiger partial charge < -0.3 is 5.11 Å². The number of rotatable bonds is 3. The van der Waals surface area contributed by atoms with Crippen molar-refractivity contribution in [3.05, 3.63) is 59.9 Å². The fraction of sp³-hybridized carbons (Fsp3) is 0.421. The number of hydrogen-bond acceptors (Lipinski definition) is 4. The molecular weight excluding hydrogens is 336 g/mol. The van der Waals surface area contributed by atoms with Crippen LogP contribution in [0.2, 0.25) is 0 Å². The van der Waals surface area contributed by atoms with Crippen molar-refractivity contribution in [3.63, 3.8) is 0 Å². The number of hydrogen-bond donors (Lipinski definition) is 2. The molecule has 0 radical (unpaired) electrons. The molecule has 132 valence electrons. The van der Waals surface area contributed by atoms with Gasteiger partial charge in [-0.15, -0.1) is 0 Å². The summed E-state index contributed by atoms with van der Waals surface area (Å²) in [5.41, 5.74) is 0.988. The van der Waals surface area contributed by atoms with Crippen molar-refractivity contribution in [2.75, 3.05) is 0 Å². The van der Waals surface area contributed by atoms with E-state index in [1.54, 1.807) is 18.3 Å². The van der Waals surface area contributed by atoms with E-state index < -0.39 is 15.6 Å². The molecule has 2 aliphatic carbocycles. The lowest BCUT2D eigenvalue weighted by Crippen LogP contribution is -2.47. The quantitative estimate of drug-likeness (QED) is 0.882. The van der Waals surface area contributed by atoms with Crippen LogP contribution in [0.4, 0.5) is 0 Å². The summed E-state index contributed by atoms with van der Waals surface area (Å²) in [4.78, 5) is 4.07. The lowest BCUT2D eigenvalue weighted by molar-refractivity contribution is -0.0115. The average Bonchev–Trinajstić information content (AvgIpc) is 2.95. The Kier molecular flexibility index (Phi) is 3.94. The van der Waals surface area contributed by atoms with Crippen molar-refractivity contribution >= 4 is 10.0 Å². The molecule has 0 spiro atoms. The standard InChI is InChI=1S/C19H22N2O3S/c1-19(22)16-7-3-2-5-13(16)11-14-8-9-17(19)18(14)21-25(23,24)15-6-4-10-20-12-15/h2-7,10,12,14,17-18,21-22H,8-9,11H2,1H3. The van der Waals surface area contributed by atoms with E-state index in [0.717, 1.165) is 30.4 Å². The van der Waals surface area contributed by atoms with E-state index in [2.05, 4.69) is 9.71 Å². The minimum atomic E-state index is -3.66. The van der Waals surface area contributed by atoms with E-state index in [9.17, 15) is 13.5 Å². The van der Waals surface area contributed by atoms with Gasteiger partial charge in [0.2, 0.25) is 10.0 Å². The lowest BCUT2D eigenvalue weighted by Gasteiger charge is -2.35. The zero-order valence-electron chi connectivity index (χ0n) is 14.1. The summed E-state index contributed by atoms with van der Waals surface area (Å²) in [5.74, 6) is 0.0409. The molecule has 2 bridgehead atoms. The van der Waals surface area contributed by atoms with Gasteiger partial charge in [0, 0.05) is 24.4 Å². The van der Waals surface area contributed by atoms with Crippen LogP contribution in [0.3, 0.4) is 0 Å². The fourth-order valence-corrected chi connectivity index (χ4v) is 5.86. The predicted molar refractivity (Wildman–Crippen MR) is 94.3 cm³/mol. The minimum absolute atomic E-state index is 0.146. The Balaban J connectivity index is 1.71. The molecule has 1 heterocycles. The predicted octanol–water partition coefficient (Wildman–Crippen LogP) is 2.22. The van der Waals surface area contributed by atoms with E-state index >= 15 is 0 Å². The number of nitrogens with zero attached hydrogens (tertiary/aromatic N) is 1. The molecule has 5 nitrogen and oxygen atoms in total. The van der Waals surface area contributed by atoms with Crippen molar-refractivity contribution < 1.29 is 13.5 Å². The second-order valence-corrected chi connectivity index (χ2v) is 9.00. The fourth-order valence-electron chi connectivity index (χ4n) is 4.55. The number of fused-ring (bicyclic) bond motifs is 3. The van der Waals surface area contributed by atoms with E-state index in [1.165, 1.54) is 6.20 Å². The van der Waals surface area contributed by atoms with Crippen LogP contribution in [0.25, 0.3) is 0 Å². The third-order valence-electron chi connectivity index (χ3n) is 5.79. The second kappa shape index (κ2) is 5.90. The van der Waals surface area contributed by atoms with E-state index in [4.69, 9.17) is 0 Å². The molecule has 6 heteroatoms. The maximum absolute atomic E-state index is 12.8. The number of nitrogens with one attached hydrogen (secondary N) is 1. The first-order valence-corrected chi connectivity index (χ1v) is 10.1. The van der Waals surface area contributed by atoms with Crippen LogP contribution in [0.5, 0.6) is 0 Å². The van der Waals surface area contributed by atoms with Crippen molar-refractivity contribution in [2.45, 2.75) is 42.7 Å². The molecule has 1 fully saturated rings. The smallest absolute Gasteiger partial charge is 0.242 e. The molecule has 1 aromatic heterocycles. The van der Waals surface area contributed by atoms with Gasteiger partial charge in [-0.3, -0.25) is 4.98 Å². The second-order valence-electron chi connectivity index (χ2n) is 7.29. The highest BCUT2D eigenvalue weighted by Crippen LogP contribution is 2.48. The van der Waals surface area contributed by atoms with Crippen LogP contribution >= 0.6 is 0 Å². The Bertz CT molecular complexity index is 881. The van der Waals surface area contributed by atoms with Crippen LogP contribution in [0.1, 0.15) is 30.9 Å². The van der Waals surface area contributed by atoms with Crippen molar-refractivity contribution in [1.29, 1.82) is 0 Å². The number of benzene rings is 1. The van der Waals surface area contributed by atoms with Gasteiger partial charge in [-0.1, -0.05) is 24.3 Å². The molecule has 4 rings (SSSR count). The topological polar surface area (TPSA) is 79.3 Å². The molecule has 2 aliphatic rings. The normalized spacial score (nSPS) is 31.4. The Morgan fingerprint density at radius 2 is 2.00 bits per heavy atom. The van der Waals surface area contributed by atoms with Gasteiger partial charge in [0.05, 0.1) is 5.60 Å². The highest BCUT2D eigenvalue weighted by molar-refractivity contribution is 7.89. The maximum atomic E-state index is 12.8. The highest BCUT2D eigenvalue weighted by Gasteiger charge is 2.50. The monoisotopic (exact) mass is 358 g/mol. The highest BCUT2D eigenvalue weighted by atomic mass is 32.2. The van der Waals surface area contributed by atoms with Gasteiger partial charge in [0.25, 0.3) is 0 Å². The minimum Gasteiger partial charge on any atom is -0.385 e. The molecule has 1 aromatic carbocycles. The molecule has 0 amide bonds. The molecule has 4 atom stereocenters. The molecule has 0 saturated heterocycles. The van der Waals surface area contributed by atoms with E-state index in [-0.39, 0.29) is 22.8 Å².